The van der Waals surface area contributed by atoms with Crippen molar-refractivity contribution in [2.24, 2.45) is 0 Å². The SMILES string of the molecule is c1ccc2c(c1)ccc1op(N3CCCC3)oc3ccc4ccccc4c3c12. The van der Waals surface area contributed by atoms with Crippen molar-refractivity contribution in [2.45, 2.75) is 12.8 Å². The zero-order valence-electron chi connectivity index (χ0n) is 15.5. The lowest BCUT2D eigenvalue weighted by molar-refractivity contribution is 0.629. The Morgan fingerprint density at radius 1 is 0.607 bits per heavy atom. The third-order valence-electron chi connectivity index (χ3n) is 5.70. The van der Waals surface area contributed by atoms with E-state index in [4.69, 9.17) is 8.39 Å². The minimum atomic E-state index is -1.15. The fourth-order valence-electron chi connectivity index (χ4n) is 4.34. The predicted octanol–water partition coefficient (Wildman–Crippen LogP) is 7.33. The third kappa shape index (κ3) is 2.47. The summed E-state index contributed by atoms with van der Waals surface area (Å²) in [5.41, 5.74) is 1.85. The van der Waals surface area contributed by atoms with Gasteiger partial charge < -0.3 is 8.39 Å². The van der Waals surface area contributed by atoms with E-state index in [0.717, 1.165) is 35.0 Å². The molecular weight excluding hydrogens is 365 g/mol. The molecule has 1 aromatic heterocycles. The van der Waals surface area contributed by atoms with E-state index in [0.29, 0.717) is 0 Å². The van der Waals surface area contributed by atoms with Gasteiger partial charge in [-0.15, -0.1) is 0 Å². The van der Waals surface area contributed by atoms with Crippen LogP contribution >= 0.6 is 8.16 Å². The van der Waals surface area contributed by atoms with Gasteiger partial charge in [0.25, 0.3) is 0 Å². The Bertz CT molecular complexity index is 1290. The van der Waals surface area contributed by atoms with Crippen LogP contribution in [0.5, 0.6) is 0 Å². The van der Waals surface area contributed by atoms with Gasteiger partial charge in [0.15, 0.2) is 0 Å². The van der Waals surface area contributed by atoms with E-state index in [1.54, 1.807) is 0 Å². The first kappa shape index (κ1) is 16.2. The van der Waals surface area contributed by atoms with E-state index in [1.165, 1.54) is 34.4 Å². The lowest BCUT2D eigenvalue weighted by atomic mass is 9.99. The second-order valence-electron chi connectivity index (χ2n) is 7.40. The summed E-state index contributed by atoms with van der Waals surface area (Å²) in [7, 11) is -1.15. The Hall–Kier alpha value is -2.74. The van der Waals surface area contributed by atoms with Crippen molar-refractivity contribution in [2.75, 3.05) is 17.8 Å². The van der Waals surface area contributed by atoms with Crippen LogP contribution in [-0.2, 0) is 0 Å². The molecule has 138 valence electrons. The molecule has 3 nitrogen and oxygen atoms in total. The Balaban J connectivity index is 1.89. The summed E-state index contributed by atoms with van der Waals surface area (Å²) in [4.78, 5) is 0. The van der Waals surface area contributed by atoms with Gasteiger partial charge in [0.05, 0.1) is 0 Å². The maximum Gasteiger partial charge on any atom is 0.309 e. The number of nitrogens with zero attached hydrogens (tertiary/aromatic N) is 1. The number of benzene rings is 4. The molecular formula is C24H20NO2P. The van der Waals surface area contributed by atoms with Gasteiger partial charge in [-0.25, -0.2) is 4.67 Å². The van der Waals surface area contributed by atoms with Gasteiger partial charge in [-0.2, -0.15) is 0 Å². The first-order chi connectivity index (χ1) is 13.9. The van der Waals surface area contributed by atoms with Crippen molar-refractivity contribution < 1.29 is 8.39 Å². The molecule has 0 atom stereocenters. The minimum absolute atomic E-state index is 0.923. The number of hydrogen-bond acceptors (Lipinski definition) is 3. The van der Waals surface area contributed by atoms with Gasteiger partial charge in [-0.05, 0) is 46.5 Å². The van der Waals surface area contributed by atoms with Crippen LogP contribution in [0.15, 0.2) is 81.2 Å². The molecule has 0 bridgehead atoms. The molecule has 2 heterocycles. The summed E-state index contributed by atoms with van der Waals surface area (Å²) >= 11 is 0. The molecule has 4 heteroatoms. The van der Waals surface area contributed by atoms with Crippen molar-refractivity contribution in [3.8, 4) is 0 Å². The number of hydrogen-bond donors (Lipinski definition) is 0. The molecule has 4 aromatic carbocycles. The van der Waals surface area contributed by atoms with Crippen LogP contribution in [0.25, 0.3) is 43.5 Å². The van der Waals surface area contributed by atoms with Crippen LogP contribution < -0.4 is 4.67 Å². The Morgan fingerprint density at radius 2 is 1.11 bits per heavy atom. The second kappa shape index (κ2) is 6.41. The lowest BCUT2D eigenvalue weighted by Crippen LogP contribution is -2.12. The van der Waals surface area contributed by atoms with E-state index in [2.05, 4.69) is 77.5 Å². The molecule has 1 saturated heterocycles. The van der Waals surface area contributed by atoms with Gasteiger partial charge in [0, 0.05) is 23.9 Å². The topological polar surface area (TPSA) is 29.5 Å². The minimum Gasteiger partial charge on any atom is -0.408 e. The van der Waals surface area contributed by atoms with Crippen molar-refractivity contribution >= 4 is 51.6 Å². The van der Waals surface area contributed by atoms with E-state index < -0.39 is 8.16 Å². The summed E-state index contributed by atoms with van der Waals surface area (Å²) in [6.45, 7) is 2.08. The number of rotatable bonds is 1. The van der Waals surface area contributed by atoms with E-state index >= 15 is 0 Å². The molecule has 1 fully saturated rings. The maximum absolute atomic E-state index is 6.55. The Kier molecular flexibility index (Phi) is 3.72. The summed E-state index contributed by atoms with van der Waals surface area (Å²) in [5, 5.41) is 7.15. The fourth-order valence-corrected chi connectivity index (χ4v) is 5.86. The second-order valence-corrected chi connectivity index (χ2v) is 8.81. The molecule has 0 radical (unpaired) electrons. The quantitative estimate of drug-likeness (QED) is 0.302. The third-order valence-corrected chi connectivity index (χ3v) is 7.27. The van der Waals surface area contributed by atoms with Crippen LogP contribution in [0.4, 0.5) is 0 Å². The molecule has 28 heavy (non-hydrogen) atoms. The average Bonchev–Trinajstić information content (AvgIpc) is 3.22. The largest absolute Gasteiger partial charge is 0.408 e. The zero-order valence-corrected chi connectivity index (χ0v) is 16.4. The van der Waals surface area contributed by atoms with Gasteiger partial charge in [-0.3, -0.25) is 0 Å². The molecule has 0 N–H and O–H groups in total. The summed E-state index contributed by atoms with van der Waals surface area (Å²) in [5.74, 6) is 0. The summed E-state index contributed by atoms with van der Waals surface area (Å²) in [6, 6.07) is 25.6. The lowest BCUT2D eigenvalue weighted by Gasteiger charge is -2.09. The highest BCUT2D eigenvalue weighted by atomic mass is 31.1. The molecule has 0 amide bonds. The number of fused-ring (bicyclic) bond motifs is 7. The normalized spacial score (nSPS) is 15.1. The van der Waals surface area contributed by atoms with Crippen molar-refractivity contribution in [3.05, 3.63) is 72.8 Å². The van der Waals surface area contributed by atoms with Crippen LogP contribution in [-0.4, -0.2) is 13.1 Å². The highest BCUT2D eigenvalue weighted by Gasteiger charge is 2.20. The molecule has 0 spiro atoms. The van der Waals surface area contributed by atoms with E-state index in [9.17, 15) is 0 Å². The van der Waals surface area contributed by atoms with Crippen LogP contribution in [0, 0.1) is 0 Å². The molecule has 6 rings (SSSR count). The van der Waals surface area contributed by atoms with Crippen LogP contribution in [0.1, 0.15) is 12.8 Å². The molecule has 0 unspecified atom stereocenters. The summed E-state index contributed by atoms with van der Waals surface area (Å²) < 4.78 is 15.5. The first-order valence-electron chi connectivity index (χ1n) is 9.83. The Labute approximate surface area is 163 Å². The van der Waals surface area contributed by atoms with Crippen molar-refractivity contribution in [3.63, 3.8) is 0 Å². The smallest absolute Gasteiger partial charge is 0.309 e. The molecule has 5 aromatic rings. The Morgan fingerprint density at radius 3 is 1.64 bits per heavy atom. The van der Waals surface area contributed by atoms with Crippen LogP contribution in [0.2, 0.25) is 0 Å². The van der Waals surface area contributed by atoms with Crippen molar-refractivity contribution in [1.29, 1.82) is 0 Å². The molecule has 0 aliphatic carbocycles. The van der Waals surface area contributed by atoms with Crippen molar-refractivity contribution in [1.82, 2.24) is 0 Å². The van der Waals surface area contributed by atoms with E-state index in [-0.39, 0.29) is 0 Å². The fraction of sp³-hybridized carbons (Fsp3) is 0.167. The highest BCUT2D eigenvalue weighted by Crippen LogP contribution is 2.42. The van der Waals surface area contributed by atoms with Gasteiger partial charge in [0.2, 0.25) is 0 Å². The highest BCUT2D eigenvalue weighted by molar-refractivity contribution is 7.39. The van der Waals surface area contributed by atoms with Gasteiger partial charge in [-0.1, -0.05) is 60.7 Å². The molecule has 1 aliphatic heterocycles. The standard InChI is InChI=1S/C24H20NO2P/c1-3-9-19-17(7-1)11-13-21-23(19)24-20-10-4-2-8-18(20)12-14-22(24)27-28(26-21)25-15-5-6-16-25/h1-4,7-14H,5-6,15-16H2. The van der Waals surface area contributed by atoms with E-state index in [1.807, 2.05) is 0 Å². The summed E-state index contributed by atoms with van der Waals surface area (Å²) in [6.07, 6.45) is 2.42. The molecule has 1 aliphatic rings. The maximum atomic E-state index is 6.55. The predicted molar refractivity (Wildman–Crippen MR) is 119 cm³/mol. The monoisotopic (exact) mass is 385 g/mol. The van der Waals surface area contributed by atoms with Gasteiger partial charge >= 0.3 is 8.16 Å². The van der Waals surface area contributed by atoms with Crippen LogP contribution in [0.3, 0.4) is 0 Å². The first-order valence-corrected chi connectivity index (χ1v) is 11.0. The molecule has 0 saturated carbocycles. The average molecular weight is 385 g/mol. The van der Waals surface area contributed by atoms with Gasteiger partial charge in [0.1, 0.15) is 11.2 Å². The zero-order chi connectivity index (χ0) is 18.5.